The molecular formula is C116H72N4. The Balaban J connectivity index is 0.000000133. The van der Waals surface area contributed by atoms with Gasteiger partial charge in [0.25, 0.3) is 0 Å². The van der Waals surface area contributed by atoms with Crippen molar-refractivity contribution in [2.24, 2.45) is 0 Å². The van der Waals surface area contributed by atoms with Crippen LogP contribution in [0.1, 0.15) is 0 Å². The maximum absolute atomic E-state index is 2.43. The second kappa shape index (κ2) is 26.9. The van der Waals surface area contributed by atoms with Gasteiger partial charge in [-0.3, -0.25) is 0 Å². The summed E-state index contributed by atoms with van der Waals surface area (Å²) in [6.45, 7) is 0. The molecule has 0 saturated carbocycles. The molecule has 4 nitrogen and oxygen atoms in total. The number of para-hydroxylation sites is 4. The average Bonchev–Trinajstić information content (AvgIpc) is 1.50. The summed E-state index contributed by atoms with van der Waals surface area (Å²) in [6, 6.07) is 161. The quantitative estimate of drug-likeness (QED) is 0.135. The van der Waals surface area contributed by atoms with Gasteiger partial charge in [-0.25, -0.2) is 0 Å². The van der Waals surface area contributed by atoms with E-state index in [0.29, 0.717) is 0 Å². The van der Waals surface area contributed by atoms with Gasteiger partial charge in [0.15, 0.2) is 0 Å². The van der Waals surface area contributed by atoms with Gasteiger partial charge >= 0.3 is 0 Å². The van der Waals surface area contributed by atoms with Gasteiger partial charge < -0.3 is 18.3 Å². The van der Waals surface area contributed by atoms with Crippen molar-refractivity contribution in [3.05, 3.63) is 437 Å². The lowest BCUT2D eigenvalue weighted by molar-refractivity contribution is 1.18. The first-order valence-electron chi connectivity index (χ1n) is 41.5. The first-order chi connectivity index (χ1) is 59.5. The third-order valence-corrected chi connectivity index (χ3v) is 25.7. The molecule has 0 unspecified atom stereocenters. The van der Waals surface area contributed by atoms with Gasteiger partial charge in [-0.2, -0.15) is 0 Å². The predicted octanol–water partition coefficient (Wildman–Crippen LogP) is 31.7. The Hall–Kier alpha value is -15.9. The lowest BCUT2D eigenvalue weighted by atomic mass is 9.91. The van der Waals surface area contributed by atoms with Crippen molar-refractivity contribution in [1.29, 1.82) is 0 Å². The van der Waals surface area contributed by atoms with E-state index in [1.165, 1.54) is 229 Å². The number of hydrogen-bond donors (Lipinski definition) is 0. The molecule has 0 aliphatic carbocycles. The Labute approximate surface area is 691 Å². The van der Waals surface area contributed by atoms with Crippen LogP contribution in [0.15, 0.2) is 437 Å². The molecule has 0 fully saturated rings. The van der Waals surface area contributed by atoms with Gasteiger partial charge in [0.05, 0.1) is 44.1 Å². The molecule has 0 aliphatic heterocycles. The molecule has 4 aromatic heterocycles. The molecule has 0 atom stereocenters. The molecule has 26 aromatic rings. The molecule has 26 rings (SSSR count). The van der Waals surface area contributed by atoms with E-state index in [4.69, 9.17) is 0 Å². The summed E-state index contributed by atoms with van der Waals surface area (Å²) in [4.78, 5) is 0. The van der Waals surface area contributed by atoms with Crippen molar-refractivity contribution in [1.82, 2.24) is 18.3 Å². The highest BCUT2D eigenvalue weighted by Crippen LogP contribution is 2.45. The Morgan fingerprint density at radius 1 is 0.108 bits per heavy atom. The predicted molar refractivity (Wildman–Crippen MR) is 512 cm³/mol. The van der Waals surface area contributed by atoms with Crippen LogP contribution >= 0.6 is 0 Å². The summed E-state index contributed by atoms with van der Waals surface area (Å²) in [5.74, 6) is 0. The fourth-order valence-electron chi connectivity index (χ4n) is 20.1. The molecule has 0 spiro atoms. The Morgan fingerprint density at radius 2 is 0.392 bits per heavy atom. The molecule has 4 heterocycles. The van der Waals surface area contributed by atoms with Crippen LogP contribution in [0.5, 0.6) is 0 Å². The number of rotatable bonds is 8. The summed E-state index contributed by atoms with van der Waals surface area (Å²) in [5.41, 5.74) is 24.0. The molecule has 0 bridgehead atoms. The van der Waals surface area contributed by atoms with E-state index in [1.807, 2.05) is 0 Å². The summed E-state index contributed by atoms with van der Waals surface area (Å²) in [5, 5.41) is 30.4. The molecule has 0 amide bonds. The van der Waals surface area contributed by atoms with E-state index in [1.54, 1.807) is 0 Å². The van der Waals surface area contributed by atoms with Crippen molar-refractivity contribution in [3.8, 4) is 67.3 Å². The summed E-state index contributed by atoms with van der Waals surface area (Å²) >= 11 is 0. The maximum atomic E-state index is 2.43. The third-order valence-electron chi connectivity index (χ3n) is 25.7. The van der Waals surface area contributed by atoms with E-state index in [2.05, 4.69) is 455 Å². The smallest absolute Gasteiger partial charge is 0.0541 e. The molecule has 0 N–H and O–H groups in total. The average molecular weight is 1520 g/mol. The molecular weight excluding hydrogens is 1450 g/mol. The largest absolute Gasteiger partial charge is 0.309 e. The Bertz CT molecular complexity index is 8800. The lowest BCUT2D eigenvalue weighted by Gasteiger charge is -2.14. The van der Waals surface area contributed by atoms with Gasteiger partial charge in [-0.15, -0.1) is 0 Å². The molecule has 0 saturated heterocycles. The number of fused-ring (bicyclic) bond motifs is 24. The first-order valence-corrected chi connectivity index (χ1v) is 41.5. The van der Waals surface area contributed by atoms with Gasteiger partial charge in [0.2, 0.25) is 0 Å². The second-order valence-electron chi connectivity index (χ2n) is 32.2. The second-order valence-corrected chi connectivity index (χ2v) is 32.2. The van der Waals surface area contributed by atoms with Crippen molar-refractivity contribution in [3.63, 3.8) is 0 Å². The summed E-state index contributed by atoms with van der Waals surface area (Å²) in [7, 11) is 0. The topological polar surface area (TPSA) is 19.7 Å². The Kier molecular flexibility index (Phi) is 15.1. The van der Waals surface area contributed by atoms with Crippen LogP contribution < -0.4 is 0 Å². The third kappa shape index (κ3) is 10.7. The van der Waals surface area contributed by atoms with Gasteiger partial charge in [0, 0.05) is 65.8 Å². The number of aromatic nitrogens is 4. The first kappa shape index (κ1) is 67.5. The zero-order valence-electron chi connectivity index (χ0n) is 65.4. The normalized spacial score (nSPS) is 12.0. The van der Waals surface area contributed by atoms with Gasteiger partial charge in [0.1, 0.15) is 0 Å². The van der Waals surface area contributed by atoms with Crippen LogP contribution in [0, 0.1) is 0 Å². The van der Waals surface area contributed by atoms with Crippen LogP contribution in [0.25, 0.3) is 241 Å². The number of benzene rings is 22. The maximum Gasteiger partial charge on any atom is 0.0541 e. The van der Waals surface area contributed by atoms with E-state index in [-0.39, 0.29) is 0 Å². The van der Waals surface area contributed by atoms with Crippen LogP contribution in [0.4, 0.5) is 0 Å². The fraction of sp³-hybridized carbons (Fsp3) is 0. The zero-order chi connectivity index (χ0) is 78.6. The van der Waals surface area contributed by atoms with E-state index in [0.717, 1.165) is 11.4 Å². The zero-order valence-corrected chi connectivity index (χ0v) is 65.4. The van der Waals surface area contributed by atoms with E-state index in [9.17, 15) is 0 Å². The minimum Gasteiger partial charge on any atom is -0.309 e. The Morgan fingerprint density at radius 3 is 0.858 bits per heavy atom. The van der Waals surface area contributed by atoms with Crippen molar-refractivity contribution in [2.75, 3.05) is 0 Å². The highest BCUT2D eigenvalue weighted by atomic mass is 15.0. The van der Waals surface area contributed by atoms with E-state index >= 15 is 0 Å². The highest BCUT2D eigenvalue weighted by molar-refractivity contribution is 6.23. The minimum absolute atomic E-state index is 1.15. The van der Waals surface area contributed by atoms with Crippen molar-refractivity contribution < 1.29 is 0 Å². The summed E-state index contributed by atoms with van der Waals surface area (Å²) in [6.07, 6.45) is 0. The fourth-order valence-corrected chi connectivity index (χ4v) is 20.1. The number of nitrogens with zero attached hydrogens (tertiary/aromatic N) is 4. The standard InChI is InChI=1S/2C58H36N2/c1-2-12-39-33-46(26-20-37(39)10-1)60-56-19-8-6-17-52(56)54-36-43(25-31-58(54)60)42-24-30-57-53(35-42)51-16-5-7-18-55(51)59(57)45-14-9-13-40(34-45)41-22-27-48-44(32-41)23-29-49-47-15-4-3-11-38(47)21-28-50(48)49;1-2-13-40-33-44(29-21-37(40)11-1)60-56-20-10-8-18-50(56)54-35-42(26-32-58(54)60)41-25-31-57-53(34-41)49-17-7-9-19-55(49)59(57)43-27-22-39(23-28-43)51-36-52-45-14-4-3-12-38(45)24-30-48(52)46-15-5-6-16-47(46)51/h2*1-36H. The van der Waals surface area contributed by atoms with Crippen LogP contribution in [0.3, 0.4) is 0 Å². The molecule has 0 aliphatic rings. The molecule has 0 radical (unpaired) electrons. The minimum atomic E-state index is 1.15. The summed E-state index contributed by atoms with van der Waals surface area (Å²) < 4.78 is 9.67. The SMILES string of the molecule is c1cc(-c2ccc3c(ccc4c5ccccc5ccc34)c2)cc(-n2c3ccccc3c3cc(-c4ccc5c(c4)c4ccccc4n5-c4ccc5ccccc5c4)ccc32)c1.c1ccc2cc(-n3c4ccccc4c4cc(-c5ccc6c(c5)c5ccccc5n6-c5ccc(-c6cc7c8ccccc8ccc7c7ccccc67)cc5)ccc43)ccc2c1. The van der Waals surface area contributed by atoms with Crippen LogP contribution in [0.2, 0.25) is 0 Å². The van der Waals surface area contributed by atoms with Crippen molar-refractivity contribution >= 4 is 173 Å². The lowest BCUT2D eigenvalue weighted by Crippen LogP contribution is -1.94. The molecule has 556 valence electrons. The van der Waals surface area contributed by atoms with Crippen LogP contribution in [-0.4, -0.2) is 18.3 Å². The van der Waals surface area contributed by atoms with Gasteiger partial charge in [-0.1, -0.05) is 303 Å². The van der Waals surface area contributed by atoms with Crippen molar-refractivity contribution in [2.45, 2.75) is 0 Å². The molecule has 4 heteroatoms. The van der Waals surface area contributed by atoms with E-state index < -0.39 is 0 Å². The molecule has 22 aromatic carbocycles. The monoisotopic (exact) mass is 1520 g/mol. The van der Waals surface area contributed by atoms with Crippen LogP contribution in [-0.2, 0) is 0 Å². The number of hydrogen-bond acceptors (Lipinski definition) is 0. The van der Waals surface area contributed by atoms with Gasteiger partial charge in [-0.05, 0) is 264 Å². The highest BCUT2D eigenvalue weighted by Gasteiger charge is 2.22. The molecule has 120 heavy (non-hydrogen) atoms.